The van der Waals surface area contributed by atoms with Crippen LogP contribution in [0, 0.1) is 0 Å². The van der Waals surface area contributed by atoms with E-state index in [4.69, 9.17) is 5.11 Å². The van der Waals surface area contributed by atoms with Crippen LogP contribution < -0.4 is 0 Å². The van der Waals surface area contributed by atoms with Crippen molar-refractivity contribution in [3.05, 3.63) is 0 Å². The molecule has 0 bridgehead atoms. The van der Waals surface area contributed by atoms with Crippen molar-refractivity contribution in [2.45, 2.75) is 26.0 Å². The summed E-state index contributed by atoms with van der Waals surface area (Å²) in [6.07, 6.45) is -0.517. The predicted octanol–water partition coefficient (Wildman–Crippen LogP) is 1.25. The highest BCUT2D eigenvalue weighted by Gasteiger charge is 2.28. The summed E-state index contributed by atoms with van der Waals surface area (Å²) in [5.74, 6) is 0. The highest BCUT2D eigenvalue weighted by molar-refractivity contribution is 4.43. The molecular formula is C4H7F3O2. The Morgan fingerprint density at radius 3 is 2.22 bits per heavy atom. The molecule has 9 heavy (non-hydrogen) atoms. The van der Waals surface area contributed by atoms with Crippen LogP contribution in [0.5, 0.6) is 0 Å². The van der Waals surface area contributed by atoms with Crippen LogP contribution in [-0.2, 0) is 4.74 Å². The Kier molecular flexibility index (Phi) is 2.93. The minimum atomic E-state index is -3.28. The summed E-state index contributed by atoms with van der Waals surface area (Å²) in [4.78, 5) is 0. The maximum atomic E-state index is 11.9. The van der Waals surface area contributed by atoms with E-state index in [-0.39, 0.29) is 0 Å². The lowest BCUT2D eigenvalue weighted by atomic mass is 10.4. The molecule has 0 aromatic carbocycles. The standard InChI is InChI=1S/C4H7F3O2/c1-2-4(7,8)9-3(5)6/h3,8H,2H2,1H3. The van der Waals surface area contributed by atoms with Gasteiger partial charge in [0.15, 0.2) is 0 Å². The van der Waals surface area contributed by atoms with Crippen molar-refractivity contribution in [1.82, 2.24) is 0 Å². The van der Waals surface area contributed by atoms with Crippen LogP contribution >= 0.6 is 0 Å². The van der Waals surface area contributed by atoms with E-state index in [0.29, 0.717) is 0 Å². The lowest BCUT2D eigenvalue weighted by Gasteiger charge is -2.15. The molecule has 0 saturated heterocycles. The zero-order valence-corrected chi connectivity index (χ0v) is 4.77. The minimum absolute atomic E-state index is 0.517. The molecule has 0 amide bonds. The third kappa shape index (κ3) is 4.23. The molecule has 0 aliphatic rings. The molecule has 0 aliphatic carbocycles. The van der Waals surface area contributed by atoms with Crippen LogP contribution in [0.2, 0.25) is 0 Å². The molecule has 0 aromatic heterocycles. The molecule has 0 fully saturated rings. The summed E-state index contributed by atoms with van der Waals surface area (Å²) < 4.78 is 37.3. The molecule has 0 heterocycles. The number of aliphatic hydroxyl groups is 1. The Labute approximate surface area is 50.2 Å². The molecule has 2 nitrogen and oxygen atoms in total. The first kappa shape index (κ1) is 8.71. The maximum Gasteiger partial charge on any atom is 0.349 e. The van der Waals surface area contributed by atoms with Crippen molar-refractivity contribution in [2.24, 2.45) is 0 Å². The molecule has 0 aromatic rings. The molecule has 0 rings (SSSR count). The minimum Gasteiger partial charge on any atom is -0.340 e. The Morgan fingerprint density at radius 1 is 1.67 bits per heavy atom. The first-order valence-electron chi connectivity index (χ1n) is 2.35. The van der Waals surface area contributed by atoms with Gasteiger partial charge in [-0.15, -0.1) is 0 Å². The van der Waals surface area contributed by atoms with E-state index in [1.165, 1.54) is 6.92 Å². The molecule has 1 atom stereocenters. The van der Waals surface area contributed by atoms with E-state index in [9.17, 15) is 13.2 Å². The zero-order valence-electron chi connectivity index (χ0n) is 4.77. The summed E-state index contributed by atoms with van der Waals surface area (Å²) in [5, 5.41) is 8.12. The largest absolute Gasteiger partial charge is 0.349 e. The third-order valence-corrected chi connectivity index (χ3v) is 0.706. The second-order valence-corrected chi connectivity index (χ2v) is 1.42. The van der Waals surface area contributed by atoms with E-state index in [1.807, 2.05) is 0 Å². The monoisotopic (exact) mass is 144 g/mol. The number of alkyl halides is 3. The molecule has 0 radical (unpaired) electrons. The van der Waals surface area contributed by atoms with E-state index in [1.54, 1.807) is 0 Å². The average molecular weight is 144 g/mol. The SMILES string of the molecule is CCC(O)(F)OC(F)F. The van der Waals surface area contributed by atoms with Gasteiger partial charge in [0.25, 0.3) is 0 Å². The first-order valence-corrected chi connectivity index (χ1v) is 2.35. The zero-order chi connectivity index (χ0) is 7.49. The molecule has 1 unspecified atom stereocenters. The first-order chi connectivity index (χ1) is 3.98. The summed E-state index contributed by atoms with van der Waals surface area (Å²) in [6.45, 7) is -2.09. The fourth-order valence-corrected chi connectivity index (χ4v) is 0.220. The summed E-state index contributed by atoms with van der Waals surface area (Å²) in [7, 11) is 0. The average Bonchev–Trinajstić information content (AvgIpc) is 1.63. The van der Waals surface area contributed by atoms with Gasteiger partial charge in [0, 0.05) is 6.42 Å². The fourth-order valence-electron chi connectivity index (χ4n) is 0.220. The second kappa shape index (κ2) is 3.03. The van der Waals surface area contributed by atoms with E-state index in [0.717, 1.165) is 0 Å². The van der Waals surface area contributed by atoms with Gasteiger partial charge in [-0.25, -0.2) is 0 Å². The van der Waals surface area contributed by atoms with Crippen LogP contribution in [0.15, 0.2) is 0 Å². The summed E-state index contributed by atoms with van der Waals surface area (Å²) in [6, 6.07) is -3.19. The van der Waals surface area contributed by atoms with Crippen LogP contribution in [0.4, 0.5) is 13.2 Å². The molecule has 5 heteroatoms. The van der Waals surface area contributed by atoms with Crippen molar-refractivity contribution in [1.29, 1.82) is 0 Å². The molecular weight excluding hydrogens is 137 g/mol. The highest BCUT2D eigenvalue weighted by Crippen LogP contribution is 2.16. The van der Waals surface area contributed by atoms with Crippen LogP contribution in [0.25, 0.3) is 0 Å². The van der Waals surface area contributed by atoms with Crippen LogP contribution in [-0.4, -0.2) is 17.8 Å². The maximum absolute atomic E-state index is 11.9. The van der Waals surface area contributed by atoms with Gasteiger partial charge in [-0.05, 0) is 0 Å². The lowest BCUT2D eigenvalue weighted by Crippen LogP contribution is -2.27. The summed E-state index contributed by atoms with van der Waals surface area (Å²) >= 11 is 0. The van der Waals surface area contributed by atoms with Crippen molar-refractivity contribution < 1.29 is 23.0 Å². The van der Waals surface area contributed by atoms with E-state index >= 15 is 0 Å². The molecule has 0 saturated carbocycles. The van der Waals surface area contributed by atoms with Crippen molar-refractivity contribution in [3.63, 3.8) is 0 Å². The van der Waals surface area contributed by atoms with Crippen molar-refractivity contribution in [3.8, 4) is 0 Å². The van der Waals surface area contributed by atoms with Gasteiger partial charge in [0.05, 0.1) is 0 Å². The quantitative estimate of drug-likeness (QED) is 0.604. The number of rotatable bonds is 3. The normalized spacial score (nSPS) is 18.0. The fraction of sp³-hybridized carbons (Fsp3) is 1.00. The highest BCUT2D eigenvalue weighted by atomic mass is 19.3. The van der Waals surface area contributed by atoms with Gasteiger partial charge >= 0.3 is 12.7 Å². The molecule has 0 aliphatic heterocycles. The van der Waals surface area contributed by atoms with Gasteiger partial charge in [-0.2, -0.15) is 13.2 Å². The van der Waals surface area contributed by atoms with Crippen molar-refractivity contribution in [2.75, 3.05) is 0 Å². The Balaban J connectivity index is 3.58. The summed E-state index contributed by atoms with van der Waals surface area (Å²) in [5.41, 5.74) is 0. The van der Waals surface area contributed by atoms with Gasteiger partial charge in [0.1, 0.15) is 0 Å². The Hall–Kier alpha value is -0.290. The third-order valence-electron chi connectivity index (χ3n) is 0.706. The topological polar surface area (TPSA) is 29.5 Å². The second-order valence-electron chi connectivity index (χ2n) is 1.42. The van der Waals surface area contributed by atoms with E-state index < -0.39 is 19.1 Å². The lowest BCUT2D eigenvalue weighted by molar-refractivity contribution is -0.355. The Morgan fingerprint density at radius 2 is 2.11 bits per heavy atom. The van der Waals surface area contributed by atoms with Crippen LogP contribution in [0.1, 0.15) is 13.3 Å². The molecule has 0 spiro atoms. The number of ether oxygens (including phenoxy) is 1. The number of halogens is 3. The number of hydrogen-bond acceptors (Lipinski definition) is 2. The van der Waals surface area contributed by atoms with Gasteiger partial charge in [-0.1, -0.05) is 6.92 Å². The number of hydrogen-bond donors (Lipinski definition) is 1. The molecule has 56 valence electrons. The van der Waals surface area contributed by atoms with Gasteiger partial charge < -0.3 is 5.11 Å². The predicted molar refractivity (Wildman–Crippen MR) is 23.4 cm³/mol. The van der Waals surface area contributed by atoms with Crippen molar-refractivity contribution >= 4 is 0 Å². The smallest absolute Gasteiger partial charge is 0.340 e. The van der Waals surface area contributed by atoms with Gasteiger partial charge in [0.2, 0.25) is 0 Å². The molecule has 1 N–H and O–H groups in total. The van der Waals surface area contributed by atoms with E-state index in [2.05, 4.69) is 4.74 Å². The Bertz CT molecular complexity index is 83.9. The van der Waals surface area contributed by atoms with Crippen LogP contribution in [0.3, 0.4) is 0 Å². The van der Waals surface area contributed by atoms with Gasteiger partial charge in [-0.3, -0.25) is 4.74 Å².